The smallest absolute Gasteiger partial charge is 0.146 e. The summed E-state index contributed by atoms with van der Waals surface area (Å²) < 4.78 is 0. The summed E-state index contributed by atoms with van der Waals surface area (Å²) in [5.41, 5.74) is 1.58. The summed E-state index contributed by atoms with van der Waals surface area (Å²) in [5, 5.41) is -1.18. The number of carbonyl (C=O) groups is 1. The van der Waals surface area contributed by atoms with Crippen molar-refractivity contribution in [2.75, 3.05) is 0 Å². The Labute approximate surface area is 145 Å². The van der Waals surface area contributed by atoms with Crippen LogP contribution in [0.2, 0.25) is 0 Å². The minimum absolute atomic E-state index is 0.267. The van der Waals surface area contributed by atoms with Crippen LogP contribution >= 0.6 is 16.6 Å². The quantitative estimate of drug-likeness (QED) is 0.550. The van der Waals surface area contributed by atoms with E-state index < -0.39 is 5.24 Å². The van der Waals surface area contributed by atoms with Crippen LogP contribution in [0.3, 0.4) is 0 Å². The highest BCUT2D eigenvalue weighted by atomic mass is 32.9. The van der Waals surface area contributed by atoms with Crippen LogP contribution in [0, 0.1) is 0 Å². The molecule has 1 nitrogen and oxygen atoms in total. The first kappa shape index (κ1) is 17.5. The van der Waals surface area contributed by atoms with Gasteiger partial charge in [-0.1, -0.05) is 56.8 Å². The molecule has 4 heteroatoms. The molecule has 0 radical (unpaired) electrons. The van der Waals surface area contributed by atoms with E-state index in [9.17, 15) is 4.79 Å². The van der Waals surface area contributed by atoms with Gasteiger partial charge >= 0.3 is 0 Å². The van der Waals surface area contributed by atoms with Crippen molar-refractivity contribution in [3.05, 3.63) is 0 Å². The van der Waals surface area contributed by atoms with Crippen LogP contribution in [0.5, 0.6) is 0 Å². The van der Waals surface area contributed by atoms with E-state index >= 15 is 0 Å². The fourth-order valence-corrected chi connectivity index (χ4v) is 15.0. The number of hydrogen-bond donors (Lipinski definition) is 0. The number of rotatable bonds is 4. The number of Topliss-reactive ketones (excluding diaryl/α,β-unsaturated/α-hetero) is 1. The summed E-state index contributed by atoms with van der Waals surface area (Å²) in [6.45, 7) is 0. The van der Waals surface area contributed by atoms with Gasteiger partial charge in [-0.3, -0.25) is 4.79 Å². The molecule has 3 aliphatic carbocycles. The van der Waals surface area contributed by atoms with Gasteiger partial charge in [-0.25, -0.2) is 0 Å². The topological polar surface area (TPSA) is 17.1 Å². The highest BCUT2D eigenvalue weighted by molar-refractivity contribution is 8.71. The predicted molar refractivity (Wildman–Crippen MR) is 103 cm³/mol. The van der Waals surface area contributed by atoms with Crippen LogP contribution in [0.1, 0.15) is 89.9 Å². The van der Waals surface area contributed by atoms with Gasteiger partial charge < -0.3 is 0 Å². The van der Waals surface area contributed by atoms with Gasteiger partial charge in [0.25, 0.3) is 0 Å². The summed E-state index contributed by atoms with van der Waals surface area (Å²) >= 11 is 8.56. The standard InChI is InChI=1S/C18H31OPS2/c19-17-13-7-8-14-18(17)22-20(21,15-9-3-1-4-10-15)16-11-5-2-6-12-16/h15-16,18H,1-14H2. The first-order valence-corrected chi connectivity index (χ1v) is 13.9. The number of ketones is 1. The molecular weight excluding hydrogens is 327 g/mol. The zero-order chi connectivity index (χ0) is 15.4. The lowest BCUT2D eigenvalue weighted by atomic mass is 9.99. The van der Waals surface area contributed by atoms with E-state index in [2.05, 4.69) is 11.4 Å². The molecule has 0 aliphatic heterocycles. The van der Waals surface area contributed by atoms with Crippen molar-refractivity contribution in [3.63, 3.8) is 0 Å². The Morgan fingerprint density at radius 2 is 1.27 bits per heavy atom. The lowest BCUT2D eigenvalue weighted by Gasteiger charge is -2.42. The zero-order valence-electron chi connectivity index (χ0n) is 13.8. The van der Waals surface area contributed by atoms with Crippen LogP contribution in [0.25, 0.3) is 0 Å². The third kappa shape index (κ3) is 4.01. The van der Waals surface area contributed by atoms with Crippen molar-refractivity contribution in [1.29, 1.82) is 0 Å². The molecule has 0 aromatic carbocycles. The molecule has 3 aliphatic rings. The normalized spacial score (nSPS) is 29.6. The SMILES string of the molecule is O=C1CCCCC1SP(=S)(C1CCCCC1)C1CCCCC1. The van der Waals surface area contributed by atoms with E-state index in [0.29, 0.717) is 5.78 Å². The molecule has 0 aromatic rings. The Hall–Kier alpha value is 0.670. The molecule has 0 N–H and O–H groups in total. The van der Waals surface area contributed by atoms with Crippen LogP contribution in [-0.4, -0.2) is 22.4 Å². The average molecular weight is 359 g/mol. The summed E-state index contributed by atoms with van der Waals surface area (Å²) in [7, 11) is 0. The van der Waals surface area contributed by atoms with Crippen molar-refractivity contribution in [3.8, 4) is 0 Å². The van der Waals surface area contributed by atoms with E-state index in [0.717, 1.165) is 30.6 Å². The van der Waals surface area contributed by atoms with Crippen LogP contribution in [0.15, 0.2) is 0 Å². The summed E-state index contributed by atoms with van der Waals surface area (Å²) in [5.74, 6) is 0.525. The van der Waals surface area contributed by atoms with Crippen molar-refractivity contribution in [1.82, 2.24) is 0 Å². The highest BCUT2D eigenvalue weighted by Crippen LogP contribution is 2.73. The lowest BCUT2D eigenvalue weighted by Crippen LogP contribution is -2.27. The monoisotopic (exact) mass is 358 g/mol. The van der Waals surface area contributed by atoms with E-state index in [4.69, 9.17) is 11.8 Å². The molecule has 0 amide bonds. The highest BCUT2D eigenvalue weighted by Gasteiger charge is 2.41. The van der Waals surface area contributed by atoms with Gasteiger partial charge in [0.1, 0.15) is 5.78 Å². The van der Waals surface area contributed by atoms with Gasteiger partial charge in [-0.2, -0.15) is 0 Å². The average Bonchev–Trinajstić information content (AvgIpc) is 2.58. The Balaban J connectivity index is 1.77. The van der Waals surface area contributed by atoms with Crippen LogP contribution in [-0.2, 0) is 16.6 Å². The van der Waals surface area contributed by atoms with Crippen molar-refractivity contribution in [2.24, 2.45) is 0 Å². The fraction of sp³-hybridized carbons (Fsp3) is 0.944. The summed E-state index contributed by atoms with van der Waals surface area (Å²) in [6, 6.07) is 0. The molecule has 126 valence electrons. The van der Waals surface area contributed by atoms with E-state index in [1.807, 2.05) is 0 Å². The Morgan fingerprint density at radius 3 is 1.77 bits per heavy atom. The largest absolute Gasteiger partial charge is 0.298 e. The molecule has 0 aromatic heterocycles. The van der Waals surface area contributed by atoms with Crippen LogP contribution in [0.4, 0.5) is 0 Å². The first-order chi connectivity index (χ1) is 10.7. The molecule has 1 unspecified atom stereocenters. The molecule has 3 fully saturated rings. The Bertz CT molecular complexity index is 403. The molecule has 0 spiro atoms. The van der Waals surface area contributed by atoms with Gasteiger partial charge in [-0.05, 0) is 49.8 Å². The van der Waals surface area contributed by atoms with Crippen molar-refractivity contribution < 1.29 is 4.79 Å². The second-order valence-electron chi connectivity index (χ2n) is 7.54. The van der Waals surface area contributed by atoms with Crippen molar-refractivity contribution >= 4 is 34.2 Å². The lowest BCUT2D eigenvalue weighted by molar-refractivity contribution is -0.119. The minimum Gasteiger partial charge on any atom is -0.298 e. The first-order valence-electron chi connectivity index (χ1n) is 9.50. The van der Waals surface area contributed by atoms with Crippen LogP contribution < -0.4 is 0 Å². The van der Waals surface area contributed by atoms with Gasteiger partial charge in [0.2, 0.25) is 0 Å². The fourth-order valence-electron chi connectivity index (χ4n) is 4.61. The zero-order valence-corrected chi connectivity index (χ0v) is 16.3. The third-order valence-corrected chi connectivity index (χ3v) is 16.2. The second kappa shape index (κ2) is 8.17. The number of hydrogen-bond acceptors (Lipinski definition) is 3. The molecule has 3 rings (SSSR count). The second-order valence-corrected chi connectivity index (χ2v) is 16.0. The Morgan fingerprint density at radius 1 is 0.773 bits per heavy atom. The molecule has 0 heterocycles. The van der Waals surface area contributed by atoms with Gasteiger partial charge in [0.15, 0.2) is 0 Å². The van der Waals surface area contributed by atoms with Gasteiger partial charge in [-0.15, -0.1) is 11.4 Å². The van der Waals surface area contributed by atoms with E-state index in [1.165, 1.54) is 70.6 Å². The molecule has 0 saturated heterocycles. The molecular formula is C18H31OPS2. The van der Waals surface area contributed by atoms with Gasteiger partial charge in [0.05, 0.1) is 5.25 Å². The summed E-state index contributed by atoms with van der Waals surface area (Å²) in [4.78, 5) is 12.4. The maximum absolute atomic E-state index is 12.4. The Kier molecular flexibility index (Phi) is 6.49. The maximum atomic E-state index is 12.4. The molecule has 0 bridgehead atoms. The molecule has 22 heavy (non-hydrogen) atoms. The predicted octanol–water partition coefficient (Wildman–Crippen LogP) is 6.29. The van der Waals surface area contributed by atoms with Crippen molar-refractivity contribution in [2.45, 2.75) is 106 Å². The van der Waals surface area contributed by atoms with E-state index in [1.54, 1.807) is 0 Å². The third-order valence-electron chi connectivity index (χ3n) is 5.96. The molecule has 1 atom stereocenters. The number of carbonyl (C=O) groups excluding carboxylic acids is 1. The minimum atomic E-state index is -1.45. The van der Waals surface area contributed by atoms with E-state index in [-0.39, 0.29) is 5.25 Å². The maximum Gasteiger partial charge on any atom is 0.146 e. The molecule has 3 saturated carbocycles. The van der Waals surface area contributed by atoms with Gasteiger partial charge in [0, 0.05) is 11.7 Å². The summed E-state index contributed by atoms with van der Waals surface area (Å²) in [6.07, 6.45) is 18.1.